The summed E-state index contributed by atoms with van der Waals surface area (Å²) in [6.45, 7) is 7.91. The summed E-state index contributed by atoms with van der Waals surface area (Å²) >= 11 is 5.99. The van der Waals surface area contributed by atoms with Crippen molar-refractivity contribution in [2.45, 2.75) is 20.3 Å². The lowest BCUT2D eigenvalue weighted by Crippen LogP contribution is -2.25. The fourth-order valence-electron chi connectivity index (χ4n) is 1.90. The molecule has 0 heterocycles. The molecule has 0 unspecified atom stereocenters. The number of para-hydroxylation sites is 1. The van der Waals surface area contributed by atoms with Crippen LogP contribution in [0, 0.1) is 10.1 Å². The van der Waals surface area contributed by atoms with E-state index >= 15 is 0 Å². The third-order valence-corrected chi connectivity index (χ3v) is 3.35. The van der Waals surface area contributed by atoms with Gasteiger partial charge in [0.1, 0.15) is 5.69 Å². The van der Waals surface area contributed by atoms with Gasteiger partial charge < -0.3 is 10.2 Å². The quantitative estimate of drug-likeness (QED) is 0.452. The molecule has 0 amide bonds. The van der Waals surface area contributed by atoms with Crippen molar-refractivity contribution in [3.8, 4) is 0 Å². The minimum absolute atomic E-state index is 0.0235. The van der Waals surface area contributed by atoms with E-state index in [-0.39, 0.29) is 5.69 Å². The van der Waals surface area contributed by atoms with Crippen molar-refractivity contribution >= 4 is 23.0 Å². The normalized spacial score (nSPS) is 10.7. The summed E-state index contributed by atoms with van der Waals surface area (Å²) in [5.41, 5.74) is 0.434. The van der Waals surface area contributed by atoms with Crippen LogP contribution in [0.4, 0.5) is 11.4 Å². The molecule has 106 valence electrons. The number of nitrogens with zero attached hydrogens (tertiary/aromatic N) is 2. The van der Waals surface area contributed by atoms with E-state index in [1.165, 1.54) is 6.07 Å². The fraction of sp³-hybridized carbons (Fsp3) is 0.538. The van der Waals surface area contributed by atoms with E-state index in [0.29, 0.717) is 17.3 Å². The van der Waals surface area contributed by atoms with Gasteiger partial charge in [0.2, 0.25) is 0 Å². The van der Waals surface area contributed by atoms with Gasteiger partial charge in [0.05, 0.1) is 9.95 Å². The van der Waals surface area contributed by atoms with Gasteiger partial charge in [0.25, 0.3) is 5.69 Å². The Morgan fingerprint density at radius 3 is 2.63 bits per heavy atom. The largest absolute Gasteiger partial charge is 0.378 e. The van der Waals surface area contributed by atoms with E-state index in [1.54, 1.807) is 12.1 Å². The summed E-state index contributed by atoms with van der Waals surface area (Å²) in [5.74, 6) is 0. The van der Waals surface area contributed by atoms with Crippen molar-refractivity contribution in [3.63, 3.8) is 0 Å². The zero-order chi connectivity index (χ0) is 14.3. The second-order valence-electron chi connectivity index (χ2n) is 4.20. The van der Waals surface area contributed by atoms with Gasteiger partial charge in [-0.1, -0.05) is 31.5 Å². The lowest BCUT2D eigenvalue weighted by atomic mass is 10.2. The smallest absolute Gasteiger partial charge is 0.293 e. The standard InChI is InChI=1S/C13H20ClN3O2/c1-3-16(4-2)10-6-9-15-13-11(14)7-5-8-12(13)17(18)19/h5,7-8,15H,3-4,6,9-10H2,1-2H3. The van der Waals surface area contributed by atoms with Crippen LogP contribution < -0.4 is 5.32 Å². The lowest BCUT2D eigenvalue weighted by molar-refractivity contribution is -0.383. The van der Waals surface area contributed by atoms with E-state index in [4.69, 9.17) is 11.6 Å². The molecule has 0 saturated carbocycles. The van der Waals surface area contributed by atoms with Gasteiger partial charge in [-0.25, -0.2) is 0 Å². The molecule has 0 atom stereocenters. The molecule has 6 heteroatoms. The van der Waals surface area contributed by atoms with Gasteiger partial charge in [-0.15, -0.1) is 0 Å². The van der Waals surface area contributed by atoms with Crippen molar-refractivity contribution in [2.75, 3.05) is 31.5 Å². The molecule has 1 N–H and O–H groups in total. The Kier molecular flexibility index (Phi) is 6.59. The van der Waals surface area contributed by atoms with Crippen LogP contribution in [-0.2, 0) is 0 Å². The molecule has 1 aromatic carbocycles. The molecule has 1 rings (SSSR count). The molecule has 0 bridgehead atoms. The molecule has 0 saturated heterocycles. The Morgan fingerprint density at radius 1 is 1.37 bits per heavy atom. The maximum Gasteiger partial charge on any atom is 0.293 e. The molecule has 0 aliphatic heterocycles. The van der Waals surface area contributed by atoms with Crippen LogP contribution in [0.25, 0.3) is 0 Å². The van der Waals surface area contributed by atoms with Crippen LogP contribution >= 0.6 is 11.6 Å². The predicted octanol–water partition coefficient (Wildman–Crippen LogP) is 3.39. The maximum atomic E-state index is 10.9. The highest BCUT2D eigenvalue weighted by molar-refractivity contribution is 6.33. The van der Waals surface area contributed by atoms with Gasteiger partial charge in [-0.05, 0) is 32.1 Å². The molecule has 0 aromatic heterocycles. The topological polar surface area (TPSA) is 58.4 Å². The van der Waals surface area contributed by atoms with Crippen molar-refractivity contribution in [1.82, 2.24) is 4.90 Å². The lowest BCUT2D eigenvalue weighted by Gasteiger charge is -2.18. The average Bonchev–Trinajstić information content (AvgIpc) is 2.40. The monoisotopic (exact) mass is 285 g/mol. The molecule has 0 radical (unpaired) electrons. The second kappa shape index (κ2) is 7.96. The molecule has 5 nitrogen and oxygen atoms in total. The van der Waals surface area contributed by atoms with E-state index in [2.05, 4.69) is 24.1 Å². The third-order valence-electron chi connectivity index (χ3n) is 3.04. The van der Waals surface area contributed by atoms with Gasteiger partial charge in [0.15, 0.2) is 0 Å². The first-order valence-electron chi connectivity index (χ1n) is 6.49. The van der Waals surface area contributed by atoms with Crippen molar-refractivity contribution in [3.05, 3.63) is 33.3 Å². The summed E-state index contributed by atoms with van der Waals surface area (Å²) in [4.78, 5) is 12.8. The number of hydrogen-bond acceptors (Lipinski definition) is 4. The van der Waals surface area contributed by atoms with Crippen LogP contribution in [0.3, 0.4) is 0 Å². The third kappa shape index (κ3) is 4.69. The maximum absolute atomic E-state index is 10.9. The van der Waals surface area contributed by atoms with Gasteiger partial charge >= 0.3 is 0 Å². The second-order valence-corrected chi connectivity index (χ2v) is 4.61. The molecule has 0 aliphatic rings. The first-order chi connectivity index (χ1) is 9.10. The highest BCUT2D eigenvalue weighted by Crippen LogP contribution is 2.31. The Morgan fingerprint density at radius 2 is 2.05 bits per heavy atom. The molecule has 19 heavy (non-hydrogen) atoms. The molecule has 0 aliphatic carbocycles. The van der Waals surface area contributed by atoms with Gasteiger partial charge in [0, 0.05) is 12.6 Å². The number of anilines is 1. The molecule has 0 fully saturated rings. The first-order valence-corrected chi connectivity index (χ1v) is 6.87. The van der Waals surface area contributed by atoms with Crippen LogP contribution in [-0.4, -0.2) is 36.0 Å². The van der Waals surface area contributed by atoms with Gasteiger partial charge in [-0.2, -0.15) is 0 Å². The number of rotatable bonds is 8. The molecular weight excluding hydrogens is 266 g/mol. The van der Waals surface area contributed by atoms with Gasteiger partial charge in [-0.3, -0.25) is 10.1 Å². The van der Waals surface area contributed by atoms with Crippen LogP contribution in [0.5, 0.6) is 0 Å². The minimum Gasteiger partial charge on any atom is -0.378 e. The molecule has 0 spiro atoms. The summed E-state index contributed by atoms with van der Waals surface area (Å²) in [5, 5.41) is 14.4. The van der Waals surface area contributed by atoms with E-state index in [0.717, 1.165) is 26.1 Å². The fourth-order valence-corrected chi connectivity index (χ4v) is 2.13. The van der Waals surface area contributed by atoms with Crippen LogP contribution in [0.15, 0.2) is 18.2 Å². The Labute approximate surface area is 118 Å². The average molecular weight is 286 g/mol. The zero-order valence-corrected chi connectivity index (χ0v) is 12.1. The summed E-state index contributed by atoms with van der Waals surface area (Å²) < 4.78 is 0. The zero-order valence-electron chi connectivity index (χ0n) is 11.4. The van der Waals surface area contributed by atoms with Crippen molar-refractivity contribution in [2.24, 2.45) is 0 Å². The first kappa shape index (κ1) is 15.7. The molecule has 1 aromatic rings. The summed E-state index contributed by atoms with van der Waals surface area (Å²) in [6.07, 6.45) is 0.921. The van der Waals surface area contributed by atoms with E-state index in [1.807, 2.05) is 0 Å². The Bertz CT molecular complexity index is 422. The van der Waals surface area contributed by atoms with Crippen molar-refractivity contribution < 1.29 is 4.92 Å². The number of halogens is 1. The SMILES string of the molecule is CCN(CC)CCCNc1c(Cl)cccc1[N+](=O)[O-]. The Hall–Kier alpha value is -1.33. The van der Waals surface area contributed by atoms with Crippen LogP contribution in [0.1, 0.15) is 20.3 Å². The number of hydrogen-bond donors (Lipinski definition) is 1. The number of nitro benzene ring substituents is 1. The highest BCUT2D eigenvalue weighted by Gasteiger charge is 2.15. The molecular formula is C13H20ClN3O2. The number of nitro groups is 1. The minimum atomic E-state index is -0.418. The van der Waals surface area contributed by atoms with Crippen molar-refractivity contribution in [1.29, 1.82) is 0 Å². The number of nitrogens with one attached hydrogen (secondary N) is 1. The van der Waals surface area contributed by atoms with E-state index in [9.17, 15) is 10.1 Å². The predicted molar refractivity (Wildman–Crippen MR) is 79.0 cm³/mol. The summed E-state index contributed by atoms with van der Waals surface area (Å²) in [7, 11) is 0. The summed E-state index contributed by atoms with van der Waals surface area (Å²) in [6, 6.07) is 4.70. The van der Waals surface area contributed by atoms with E-state index < -0.39 is 4.92 Å². The Balaban J connectivity index is 2.56. The van der Waals surface area contributed by atoms with Crippen LogP contribution in [0.2, 0.25) is 5.02 Å². The number of benzene rings is 1. The highest BCUT2D eigenvalue weighted by atomic mass is 35.5.